The van der Waals surface area contributed by atoms with Crippen LogP contribution in [-0.2, 0) is 16.1 Å². The van der Waals surface area contributed by atoms with Crippen molar-refractivity contribution < 1.29 is 9.59 Å². The molecule has 0 spiro atoms. The van der Waals surface area contributed by atoms with Crippen molar-refractivity contribution in [3.63, 3.8) is 0 Å². The molecule has 0 bridgehead atoms. The summed E-state index contributed by atoms with van der Waals surface area (Å²) in [6.07, 6.45) is 7.93. The van der Waals surface area contributed by atoms with Crippen molar-refractivity contribution in [1.82, 2.24) is 15.2 Å². The maximum absolute atomic E-state index is 12.5. The number of rotatable bonds is 5. The maximum Gasteiger partial charge on any atom is 0.225 e. The first-order valence-electron chi connectivity index (χ1n) is 9.97. The van der Waals surface area contributed by atoms with Gasteiger partial charge in [-0.25, -0.2) is 4.98 Å². The Bertz CT molecular complexity index is 660. The third-order valence-corrected chi connectivity index (χ3v) is 5.81. The second kappa shape index (κ2) is 7.64. The molecule has 6 heteroatoms. The van der Waals surface area contributed by atoms with Gasteiger partial charge < -0.3 is 15.1 Å². The Morgan fingerprint density at radius 1 is 1.04 bits per heavy atom. The first-order chi connectivity index (χ1) is 12.7. The molecule has 2 aliphatic heterocycles. The van der Waals surface area contributed by atoms with Crippen LogP contribution in [0.1, 0.15) is 44.1 Å². The van der Waals surface area contributed by atoms with Gasteiger partial charge in [0.1, 0.15) is 5.82 Å². The van der Waals surface area contributed by atoms with E-state index in [1.165, 1.54) is 12.8 Å². The van der Waals surface area contributed by atoms with Crippen molar-refractivity contribution >= 4 is 17.6 Å². The van der Waals surface area contributed by atoms with E-state index in [0.717, 1.165) is 63.2 Å². The van der Waals surface area contributed by atoms with Gasteiger partial charge in [0.25, 0.3) is 0 Å². The molecule has 1 aromatic rings. The van der Waals surface area contributed by atoms with Gasteiger partial charge in [0.15, 0.2) is 0 Å². The molecule has 3 heterocycles. The van der Waals surface area contributed by atoms with Gasteiger partial charge in [-0.05, 0) is 56.2 Å². The number of aromatic nitrogens is 1. The van der Waals surface area contributed by atoms with Gasteiger partial charge in [0.2, 0.25) is 11.8 Å². The van der Waals surface area contributed by atoms with E-state index < -0.39 is 0 Å². The van der Waals surface area contributed by atoms with Gasteiger partial charge in [-0.1, -0.05) is 0 Å². The summed E-state index contributed by atoms with van der Waals surface area (Å²) in [6, 6.07) is 4.05. The van der Waals surface area contributed by atoms with Crippen LogP contribution in [0.15, 0.2) is 18.3 Å². The van der Waals surface area contributed by atoms with Crippen LogP contribution >= 0.6 is 0 Å². The van der Waals surface area contributed by atoms with Crippen LogP contribution in [0.2, 0.25) is 0 Å². The standard InChI is InChI=1S/C20H28N4O2/c25-19(16-6-11-24(12-7-16)20(26)17-3-4-17)22-14-15-5-8-21-18(13-15)23-9-1-2-10-23/h5,8,13,16-17H,1-4,6-7,9-12,14H2,(H,22,25). The molecule has 1 N–H and O–H groups in total. The van der Waals surface area contributed by atoms with E-state index in [2.05, 4.69) is 21.3 Å². The van der Waals surface area contributed by atoms with E-state index in [4.69, 9.17) is 0 Å². The van der Waals surface area contributed by atoms with Crippen LogP contribution in [0.25, 0.3) is 0 Å². The van der Waals surface area contributed by atoms with Crippen molar-refractivity contribution in [3.05, 3.63) is 23.9 Å². The molecule has 0 unspecified atom stereocenters. The van der Waals surface area contributed by atoms with Crippen LogP contribution in [0.5, 0.6) is 0 Å². The zero-order chi connectivity index (χ0) is 17.9. The predicted octanol–water partition coefficient (Wildman–Crippen LogP) is 1.95. The highest BCUT2D eigenvalue weighted by Crippen LogP contribution is 2.32. The summed E-state index contributed by atoms with van der Waals surface area (Å²) in [7, 11) is 0. The van der Waals surface area contributed by atoms with Crippen LogP contribution < -0.4 is 10.2 Å². The highest BCUT2D eigenvalue weighted by molar-refractivity contribution is 5.82. The molecule has 0 atom stereocenters. The average molecular weight is 356 g/mol. The van der Waals surface area contributed by atoms with Crippen LogP contribution in [0.3, 0.4) is 0 Å². The molecule has 1 aromatic heterocycles. The lowest BCUT2D eigenvalue weighted by Gasteiger charge is -2.31. The maximum atomic E-state index is 12.5. The Kier molecular flexibility index (Phi) is 5.09. The molecule has 0 radical (unpaired) electrons. The second-order valence-electron chi connectivity index (χ2n) is 7.81. The van der Waals surface area contributed by atoms with Crippen LogP contribution in [-0.4, -0.2) is 47.9 Å². The fourth-order valence-corrected chi connectivity index (χ4v) is 3.97. The van der Waals surface area contributed by atoms with E-state index in [0.29, 0.717) is 12.5 Å². The van der Waals surface area contributed by atoms with Crippen molar-refractivity contribution in [2.45, 2.75) is 45.1 Å². The molecule has 6 nitrogen and oxygen atoms in total. The Morgan fingerprint density at radius 3 is 2.46 bits per heavy atom. The van der Waals surface area contributed by atoms with Crippen molar-refractivity contribution in [3.8, 4) is 0 Å². The quantitative estimate of drug-likeness (QED) is 0.876. The lowest BCUT2D eigenvalue weighted by molar-refractivity contribution is -0.136. The van der Waals surface area contributed by atoms with Crippen molar-refractivity contribution in [2.24, 2.45) is 11.8 Å². The number of piperidine rings is 1. The minimum absolute atomic E-state index is 0.0261. The van der Waals surface area contributed by atoms with Gasteiger partial charge in [-0.2, -0.15) is 0 Å². The third kappa shape index (κ3) is 4.00. The molecular formula is C20H28N4O2. The van der Waals surface area contributed by atoms with E-state index in [-0.39, 0.29) is 17.7 Å². The number of hydrogen-bond acceptors (Lipinski definition) is 4. The largest absolute Gasteiger partial charge is 0.357 e. The summed E-state index contributed by atoms with van der Waals surface area (Å²) in [5, 5.41) is 3.08. The number of carbonyl (C=O) groups excluding carboxylic acids is 2. The Hall–Kier alpha value is -2.11. The molecule has 3 aliphatic rings. The monoisotopic (exact) mass is 356 g/mol. The molecule has 26 heavy (non-hydrogen) atoms. The summed E-state index contributed by atoms with van der Waals surface area (Å²) in [4.78, 5) is 33.3. The molecule has 2 saturated heterocycles. The summed E-state index contributed by atoms with van der Waals surface area (Å²) >= 11 is 0. The molecule has 2 amide bonds. The highest BCUT2D eigenvalue weighted by Gasteiger charge is 2.35. The average Bonchev–Trinajstić information content (AvgIpc) is 3.39. The zero-order valence-electron chi connectivity index (χ0n) is 15.3. The van der Waals surface area contributed by atoms with Gasteiger partial charge in [0, 0.05) is 50.8 Å². The molecule has 140 valence electrons. The number of nitrogens with one attached hydrogen (secondary N) is 1. The molecule has 0 aromatic carbocycles. The van der Waals surface area contributed by atoms with E-state index in [1.807, 2.05) is 17.2 Å². The Morgan fingerprint density at radius 2 is 1.77 bits per heavy atom. The normalized spacial score (nSPS) is 21.1. The summed E-state index contributed by atoms with van der Waals surface area (Å²) in [6.45, 7) is 4.13. The first-order valence-corrected chi connectivity index (χ1v) is 9.97. The number of nitrogens with zero attached hydrogens (tertiary/aromatic N) is 3. The van der Waals surface area contributed by atoms with E-state index in [9.17, 15) is 9.59 Å². The van der Waals surface area contributed by atoms with E-state index in [1.54, 1.807) is 0 Å². The molecular weight excluding hydrogens is 328 g/mol. The van der Waals surface area contributed by atoms with Gasteiger partial charge in [-0.15, -0.1) is 0 Å². The molecule has 4 rings (SSSR count). The third-order valence-electron chi connectivity index (χ3n) is 5.81. The molecule has 1 aliphatic carbocycles. The summed E-state index contributed by atoms with van der Waals surface area (Å²) < 4.78 is 0. The number of hydrogen-bond donors (Lipinski definition) is 1. The predicted molar refractivity (Wildman–Crippen MR) is 99.6 cm³/mol. The lowest BCUT2D eigenvalue weighted by Crippen LogP contribution is -2.43. The highest BCUT2D eigenvalue weighted by atomic mass is 16.2. The van der Waals surface area contributed by atoms with Crippen molar-refractivity contribution in [1.29, 1.82) is 0 Å². The Labute approximate surface area is 155 Å². The number of anilines is 1. The first kappa shape index (κ1) is 17.3. The van der Waals surface area contributed by atoms with Gasteiger partial charge in [-0.3, -0.25) is 9.59 Å². The number of carbonyl (C=O) groups is 2. The topological polar surface area (TPSA) is 65.5 Å². The number of likely N-dealkylation sites (tertiary alicyclic amines) is 1. The van der Waals surface area contributed by atoms with Crippen LogP contribution in [0.4, 0.5) is 5.82 Å². The number of amides is 2. The second-order valence-corrected chi connectivity index (χ2v) is 7.81. The summed E-state index contributed by atoms with van der Waals surface area (Å²) in [5.41, 5.74) is 1.09. The fourth-order valence-electron chi connectivity index (χ4n) is 3.97. The van der Waals surface area contributed by atoms with Gasteiger partial charge >= 0.3 is 0 Å². The van der Waals surface area contributed by atoms with Crippen LogP contribution in [0, 0.1) is 11.8 Å². The van der Waals surface area contributed by atoms with E-state index >= 15 is 0 Å². The minimum Gasteiger partial charge on any atom is -0.357 e. The molecule has 3 fully saturated rings. The summed E-state index contributed by atoms with van der Waals surface area (Å²) in [5.74, 6) is 1.73. The minimum atomic E-state index is 0.0261. The lowest BCUT2D eigenvalue weighted by atomic mass is 9.95. The SMILES string of the molecule is O=C(NCc1ccnc(N2CCCC2)c1)C1CCN(C(=O)C2CC2)CC1. The molecule has 1 saturated carbocycles. The zero-order valence-corrected chi connectivity index (χ0v) is 15.3. The Balaban J connectivity index is 1.25. The number of pyridine rings is 1. The fraction of sp³-hybridized carbons (Fsp3) is 0.650. The smallest absolute Gasteiger partial charge is 0.225 e. The van der Waals surface area contributed by atoms with Gasteiger partial charge in [0.05, 0.1) is 0 Å². The van der Waals surface area contributed by atoms with Crippen molar-refractivity contribution in [2.75, 3.05) is 31.1 Å².